The Balaban J connectivity index is 2.05. The van der Waals surface area contributed by atoms with Gasteiger partial charge in [0.2, 0.25) is 0 Å². The number of nitrogens with two attached hydrogens (primary N) is 1. The molecule has 3 heteroatoms. The SMILES string of the molecule is Cc1cc(C)cc(CC(O)Cc2cccnc2N)c1. The Hall–Kier alpha value is -1.87. The Morgan fingerprint density at radius 2 is 1.84 bits per heavy atom. The highest BCUT2D eigenvalue weighted by Gasteiger charge is 2.10. The minimum Gasteiger partial charge on any atom is -0.392 e. The van der Waals surface area contributed by atoms with E-state index in [1.54, 1.807) is 6.20 Å². The lowest BCUT2D eigenvalue weighted by Crippen LogP contribution is -2.15. The predicted molar refractivity (Wildman–Crippen MR) is 78.0 cm³/mol. The third-order valence-electron chi connectivity index (χ3n) is 3.13. The van der Waals surface area contributed by atoms with Gasteiger partial charge in [0.25, 0.3) is 0 Å². The topological polar surface area (TPSA) is 59.1 Å². The summed E-state index contributed by atoms with van der Waals surface area (Å²) in [5.41, 5.74) is 10.3. The average molecular weight is 256 g/mol. The molecule has 0 aliphatic rings. The molecule has 0 amide bonds. The summed E-state index contributed by atoms with van der Waals surface area (Å²) in [4.78, 5) is 4.03. The molecule has 1 heterocycles. The van der Waals surface area contributed by atoms with Gasteiger partial charge >= 0.3 is 0 Å². The molecular weight excluding hydrogens is 236 g/mol. The van der Waals surface area contributed by atoms with Gasteiger partial charge in [-0.25, -0.2) is 4.98 Å². The van der Waals surface area contributed by atoms with Crippen LogP contribution in [-0.2, 0) is 12.8 Å². The fourth-order valence-corrected chi connectivity index (χ4v) is 2.41. The summed E-state index contributed by atoms with van der Waals surface area (Å²) >= 11 is 0. The third-order valence-corrected chi connectivity index (χ3v) is 3.13. The number of hydrogen-bond donors (Lipinski definition) is 2. The van der Waals surface area contributed by atoms with Crippen LogP contribution in [0.15, 0.2) is 36.5 Å². The van der Waals surface area contributed by atoms with Crippen LogP contribution < -0.4 is 5.73 Å². The number of benzene rings is 1. The third kappa shape index (κ3) is 3.80. The van der Waals surface area contributed by atoms with Crippen molar-refractivity contribution in [1.29, 1.82) is 0 Å². The maximum Gasteiger partial charge on any atom is 0.126 e. The van der Waals surface area contributed by atoms with E-state index in [4.69, 9.17) is 5.73 Å². The molecular formula is C16H20N2O. The Kier molecular flexibility index (Phi) is 4.17. The van der Waals surface area contributed by atoms with E-state index < -0.39 is 6.10 Å². The summed E-state index contributed by atoms with van der Waals surface area (Å²) in [6.07, 6.45) is 2.39. The Morgan fingerprint density at radius 1 is 1.16 bits per heavy atom. The molecule has 3 nitrogen and oxygen atoms in total. The Bertz CT molecular complexity index is 546. The quantitative estimate of drug-likeness (QED) is 0.883. The van der Waals surface area contributed by atoms with E-state index in [1.807, 2.05) is 12.1 Å². The van der Waals surface area contributed by atoms with Crippen LogP contribution in [0.1, 0.15) is 22.3 Å². The zero-order valence-electron chi connectivity index (χ0n) is 11.4. The van der Waals surface area contributed by atoms with Crippen LogP contribution in [0.25, 0.3) is 0 Å². The predicted octanol–water partition coefficient (Wildman–Crippen LogP) is 2.43. The van der Waals surface area contributed by atoms with E-state index in [1.165, 1.54) is 11.1 Å². The molecule has 0 fully saturated rings. The van der Waals surface area contributed by atoms with Crippen LogP contribution in [0.2, 0.25) is 0 Å². The number of aliphatic hydroxyl groups is 1. The highest BCUT2D eigenvalue weighted by molar-refractivity contribution is 5.39. The van der Waals surface area contributed by atoms with Gasteiger partial charge in [0.1, 0.15) is 5.82 Å². The van der Waals surface area contributed by atoms with Crippen molar-refractivity contribution in [2.24, 2.45) is 0 Å². The standard InChI is InChI=1S/C16H20N2O/c1-11-6-12(2)8-13(7-11)9-15(19)10-14-4-3-5-18-16(14)17/h3-8,15,19H,9-10H2,1-2H3,(H2,17,18). The second-order valence-corrected chi connectivity index (χ2v) is 5.11. The number of aryl methyl sites for hydroxylation is 2. The molecule has 0 saturated heterocycles. The summed E-state index contributed by atoms with van der Waals surface area (Å²) < 4.78 is 0. The van der Waals surface area contributed by atoms with Crippen molar-refractivity contribution < 1.29 is 5.11 Å². The molecule has 1 atom stereocenters. The number of nitrogens with zero attached hydrogens (tertiary/aromatic N) is 1. The fourth-order valence-electron chi connectivity index (χ4n) is 2.41. The molecule has 0 bridgehead atoms. The van der Waals surface area contributed by atoms with Crippen molar-refractivity contribution in [3.8, 4) is 0 Å². The first-order valence-corrected chi connectivity index (χ1v) is 6.49. The Morgan fingerprint density at radius 3 is 2.47 bits per heavy atom. The van der Waals surface area contributed by atoms with Gasteiger partial charge in [-0.15, -0.1) is 0 Å². The van der Waals surface area contributed by atoms with Gasteiger partial charge in [0.05, 0.1) is 6.10 Å². The summed E-state index contributed by atoms with van der Waals surface area (Å²) in [6.45, 7) is 4.14. The molecule has 1 aromatic heterocycles. The van der Waals surface area contributed by atoms with Crippen molar-refractivity contribution in [2.75, 3.05) is 5.73 Å². The van der Waals surface area contributed by atoms with Gasteiger partial charge in [-0.2, -0.15) is 0 Å². The number of aromatic nitrogens is 1. The van der Waals surface area contributed by atoms with Gasteiger partial charge in [0.15, 0.2) is 0 Å². The van der Waals surface area contributed by atoms with E-state index in [0.29, 0.717) is 18.7 Å². The lowest BCUT2D eigenvalue weighted by Gasteiger charge is -2.13. The van der Waals surface area contributed by atoms with E-state index >= 15 is 0 Å². The second kappa shape index (κ2) is 5.85. The number of hydrogen-bond acceptors (Lipinski definition) is 3. The zero-order valence-corrected chi connectivity index (χ0v) is 11.4. The first-order valence-electron chi connectivity index (χ1n) is 6.49. The maximum atomic E-state index is 10.2. The molecule has 0 spiro atoms. The number of nitrogen functional groups attached to an aromatic ring is 1. The minimum atomic E-state index is -0.437. The first kappa shape index (κ1) is 13.6. The van der Waals surface area contributed by atoms with E-state index in [-0.39, 0.29) is 0 Å². The molecule has 0 radical (unpaired) electrons. The van der Waals surface area contributed by atoms with Gasteiger partial charge in [0, 0.05) is 12.6 Å². The van der Waals surface area contributed by atoms with Crippen molar-refractivity contribution >= 4 is 5.82 Å². The second-order valence-electron chi connectivity index (χ2n) is 5.11. The zero-order chi connectivity index (χ0) is 13.8. The van der Waals surface area contributed by atoms with E-state index in [2.05, 4.69) is 37.0 Å². The number of aliphatic hydroxyl groups excluding tert-OH is 1. The Labute approximate surface area is 114 Å². The highest BCUT2D eigenvalue weighted by Crippen LogP contribution is 2.15. The summed E-state index contributed by atoms with van der Waals surface area (Å²) in [5.74, 6) is 0.502. The molecule has 0 aliphatic heterocycles. The monoisotopic (exact) mass is 256 g/mol. The van der Waals surface area contributed by atoms with E-state index in [9.17, 15) is 5.11 Å². The average Bonchev–Trinajstić information content (AvgIpc) is 2.30. The van der Waals surface area contributed by atoms with Crippen LogP contribution in [0.5, 0.6) is 0 Å². The molecule has 2 aromatic rings. The maximum absolute atomic E-state index is 10.2. The van der Waals surface area contributed by atoms with Crippen LogP contribution >= 0.6 is 0 Å². The van der Waals surface area contributed by atoms with Gasteiger partial charge in [-0.05, 0) is 37.5 Å². The molecule has 0 aliphatic carbocycles. The van der Waals surface area contributed by atoms with Crippen molar-refractivity contribution in [2.45, 2.75) is 32.8 Å². The van der Waals surface area contributed by atoms with Crippen LogP contribution in [0.4, 0.5) is 5.82 Å². The molecule has 0 saturated carbocycles. The molecule has 1 unspecified atom stereocenters. The molecule has 3 N–H and O–H groups in total. The van der Waals surface area contributed by atoms with Crippen LogP contribution in [-0.4, -0.2) is 16.2 Å². The smallest absolute Gasteiger partial charge is 0.126 e. The van der Waals surface area contributed by atoms with Crippen LogP contribution in [0.3, 0.4) is 0 Å². The summed E-state index contributed by atoms with van der Waals surface area (Å²) in [6, 6.07) is 10.1. The number of anilines is 1. The van der Waals surface area contributed by atoms with Crippen molar-refractivity contribution in [3.63, 3.8) is 0 Å². The van der Waals surface area contributed by atoms with Crippen molar-refractivity contribution in [1.82, 2.24) is 4.98 Å². The van der Waals surface area contributed by atoms with Crippen LogP contribution in [0, 0.1) is 13.8 Å². The summed E-state index contributed by atoms with van der Waals surface area (Å²) in [5, 5.41) is 10.2. The lowest BCUT2D eigenvalue weighted by atomic mass is 9.99. The van der Waals surface area contributed by atoms with Gasteiger partial charge in [-0.3, -0.25) is 0 Å². The van der Waals surface area contributed by atoms with Gasteiger partial charge in [-0.1, -0.05) is 35.4 Å². The number of pyridine rings is 1. The normalized spacial score (nSPS) is 12.4. The minimum absolute atomic E-state index is 0.437. The molecule has 19 heavy (non-hydrogen) atoms. The highest BCUT2D eigenvalue weighted by atomic mass is 16.3. The van der Waals surface area contributed by atoms with Crippen molar-refractivity contribution in [3.05, 3.63) is 58.8 Å². The molecule has 100 valence electrons. The largest absolute Gasteiger partial charge is 0.392 e. The lowest BCUT2D eigenvalue weighted by molar-refractivity contribution is 0.175. The fraction of sp³-hybridized carbons (Fsp3) is 0.312. The first-order chi connectivity index (χ1) is 9.04. The van der Waals surface area contributed by atoms with Gasteiger partial charge < -0.3 is 10.8 Å². The van der Waals surface area contributed by atoms with E-state index in [0.717, 1.165) is 11.1 Å². The summed E-state index contributed by atoms with van der Waals surface area (Å²) in [7, 11) is 0. The molecule has 1 aromatic carbocycles. The number of rotatable bonds is 4. The molecule has 2 rings (SSSR count).